The highest BCUT2D eigenvalue weighted by Gasteiger charge is 2.40. The number of rotatable bonds is 6. The number of fused-ring (bicyclic) bond motifs is 2. The fourth-order valence-electron chi connectivity index (χ4n) is 4.54. The molecule has 1 N–H and O–H groups in total. The first-order chi connectivity index (χ1) is 16.9. The van der Waals surface area contributed by atoms with Gasteiger partial charge < -0.3 is 19.2 Å². The van der Waals surface area contributed by atoms with Crippen LogP contribution in [0, 0.1) is 6.92 Å². The topological polar surface area (TPSA) is 97.9 Å². The van der Waals surface area contributed by atoms with Crippen molar-refractivity contribution >= 4 is 34.2 Å². The number of carbonyl (C=O) groups excluding carboxylic acids is 3. The number of hydrogen-bond acceptors (Lipinski definition) is 6. The summed E-state index contributed by atoms with van der Waals surface area (Å²) in [4.78, 5) is 44.9. The Kier molecular flexibility index (Phi) is 5.28. The number of hydrogen-bond donors (Lipinski definition) is 1. The van der Waals surface area contributed by atoms with Crippen molar-refractivity contribution in [3.63, 3.8) is 0 Å². The fourth-order valence-corrected chi connectivity index (χ4v) is 4.54. The molecule has 8 heteroatoms. The van der Waals surface area contributed by atoms with Crippen LogP contribution in [0.3, 0.4) is 0 Å². The van der Waals surface area contributed by atoms with Crippen LogP contribution in [0.1, 0.15) is 42.3 Å². The van der Waals surface area contributed by atoms with E-state index in [0.29, 0.717) is 39.3 Å². The summed E-state index contributed by atoms with van der Waals surface area (Å²) in [6.45, 7) is 1.87. The zero-order chi connectivity index (χ0) is 24.9. The van der Waals surface area contributed by atoms with Gasteiger partial charge in [-0.2, -0.15) is 0 Å². The molecule has 0 bridgehead atoms. The van der Waals surface area contributed by atoms with Crippen LogP contribution in [0.15, 0.2) is 54.6 Å². The van der Waals surface area contributed by atoms with Crippen LogP contribution in [-0.2, 0) is 0 Å². The molecule has 0 atom stereocenters. The lowest BCUT2D eigenvalue weighted by molar-refractivity contribution is 0.0926. The first kappa shape index (κ1) is 22.2. The Hall–Kier alpha value is -4.59. The van der Waals surface area contributed by atoms with Crippen LogP contribution in [-0.4, -0.2) is 43.9 Å². The smallest absolute Gasteiger partial charge is 0.266 e. The molecule has 1 aliphatic rings. The van der Waals surface area contributed by atoms with E-state index in [1.54, 1.807) is 30.3 Å². The highest BCUT2D eigenvalue weighted by atomic mass is 16.5. The number of ketones is 1. The van der Waals surface area contributed by atoms with Crippen LogP contribution in [0.25, 0.3) is 10.9 Å². The molecule has 35 heavy (non-hydrogen) atoms. The van der Waals surface area contributed by atoms with E-state index in [1.165, 1.54) is 33.5 Å². The van der Waals surface area contributed by atoms with Gasteiger partial charge in [0.2, 0.25) is 11.5 Å². The number of methoxy groups -OCH3 is 3. The van der Waals surface area contributed by atoms with E-state index in [-0.39, 0.29) is 16.9 Å². The minimum atomic E-state index is -0.478. The second-order valence-electron chi connectivity index (χ2n) is 8.08. The number of aryl methyl sites for hydroxylation is 1. The minimum Gasteiger partial charge on any atom is -0.493 e. The van der Waals surface area contributed by atoms with Crippen LogP contribution in [0.2, 0.25) is 0 Å². The van der Waals surface area contributed by atoms with Gasteiger partial charge >= 0.3 is 0 Å². The number of carbonyl (C=O) groups is 3. The molecule has 5 rings (SSSR count). The van der Waals surface area contributed by atoms with E-state index in [4.69, 9.17) is 14.2 Å². The fraction of sp³-hybridized carbons (Fsp3) is 0.148. The lowest BCUT2D eigenvalue weighted by Crippen LogP contribution is -2.30. The predicted octanol–water partition coefficient (Wildman–Crippen LogP) is 4.53. The number of aromatic nitrogens is 1. The van der Waals surface area contributed by atoms with E-state index in [2.05, 4.69) is 4.98 Å². The molecule has 0 saturated carbocycles. The summed E-state index contributed by atoms with van der Waals surface area (Å²) in [5.41, 5.74) is 2.61. The quantitative estimate of drug-likeness (QED) is 0.328. The summed E-state index contributed by atoms with van der Waals surface area (Å²) in [5.74, 6) is -0.428. The Bertz CT molecular complexity index is 1470. The Labute approximate surface area is 201 Å². The summed E-state index contributed by atoms with van der Waals surface area (Å²) >= 11 is 0. The predicted molar refractivity (Wildman–Crippen MR) is 130 cm³/mol. The SMILES string of the molecule is COc1cc(C(=O)c2[nH]c3cccc(C)c3c2N2C(=O)c3ccccc3C2=O)cc(OC)c1OC. The van der Waals surface area contributed by atoms with Crippen LogP contribution < -0.4 is 19.1 Å². The molecule has 2 amide bonds. The van der Waals surface area contributed by atoms with Crippen molar-refractivity contribution in [2.24, 2.45) is 0 Å². The van der Waals surface area contributed by atoms with Gasteiger partial charge in [0.05, 0.1) is 38.1 Å². The molecule has 1 aliphatic heterocycles. The molecule has 8 nitrogen and oxygen atoms in total. The van der Waals surface area contributed by atoms with E-state index >= 15 is 0 Å². The molecule has 4 aromatic rings. The van der Waals surface area contributed by atoms with Crippen molar-refractivity contribution in [1.29, 1.82) is 0 Å². The van der Waals surface area contributed by atoms with Crippen molar-refractivity contribution in [2.75, 3.05) is 26.2 Å². The molecular formula is C27H22N2O6. The Morgan fingerprint density at radius 2 is 1.43 bits per heavy atom. The van der Waals surface area contributed by atoms with Crippen LogP contribution in [0.4, 0.5) is 5.69 Å². The van der Waals surface area contributed by atoms with Gasteiger partial charge in [-0.25, -0.2) is 4.90 Å². The lowest BCUT2D eigenvalue weighted by Gasteiger charge is -2.17. The second-order valence-corrected chi connectivity index (χ2v) is 8.08. The third kappa shape index (κ3) is 3.25. The molecule has 0 saturated heterocycles. The average Bonchev–Trinajstić information content (AvgIpc) is 3.38. The largest absolute Gasteiger partial charge is 0.493 e. The van der Waals surface area contributed by atoms with E-state index in [0.717, 1.165) is 10.5 Å². The minimum absolute atomic E-state index is 0.109. The van der Waals surface area contributed by atoms with Crippen molar-refractivity contribution in [2.45, 2.75) is 6.92 Å². The highest BCUT2D eigenvalue weighted by molar-refractivity contribution is 6.38. The zero-order valence-corrected chi connectivity index (χ0v) is 19.6. The lowest BCUT2D eigenvalue weighted by atomic mass is 10.0. The van der Waals surface area contributed by atoms with Gasteiger partial charge in [0.25, 0.3) is 11.8 Å². The van der Waals surface area contributed by atoms with Gasteiger partial charge in [0, 0.05) is 16.5 Å². The number of H-pyrrole nitrogens is 1. The number of imide groups is 1. The molecule has 1 aromatic heterocycles. The standard InChI is InChI=1S/C27H22N2O6/c1-14-8-7-11-18-21(14)23(29-26(31)16-9-5-6-10-17(16)27(29)32)22(28-18)24(30)15-12-19(33-2)25(35-4)20(13-15)34-3/h5-13,28H,1-4H3. The molecule has 0 radical (unpaired) electrons. The van der Waals surface area contributed by atoms with Gasteiger partial charge in [-0.1, -0.05) is 24.3 Å². The summed E-state index contributed by atoms with van der Waals surface area (Å²) in [5, 5.41) is 0.623. The molecule has 3 aromatic carbocycles. The zero-order valence-electron chi connectivity index (χ0n) is 19.6. The van der Waals surface area contributed by atoms with Gasteiger partial charge in [-0.05, 0) is 42.8 Å². The summed E-state index contributed by atoms with van der Waals surface area (Å²) in [6.07, 6.45) is 0. The number of nitrogens with one attached hydrogen (secondary N) is 1. The van der Waals surface area contributed by atoms with Gasteiger partial charge in [0.15, 0.2) is 11.5 Å². The molecule has 2 heterocycles. The number of benzene rings is 3. The van der Waals surface area contributed by atoms with Gasteiger partial charge in [0.1, 0.15) is 5.69 Å². The normalized spacial score (nSPS) is 12.7. The number of amides is 2. The maximum Gasteiger partial charge on any atom is 0.266 e. The number of anilines is 1. The van der Waals surface area contributed by atoms with Crippen molar-refractivity contribution in [3.05, 3.63) is 82.5 Å². The molecule has 0 fully saturated rings. The maximum atomic E-state index is 13.9. The average molecular weight is 470 g/mol. The highest BCUT2D eigenvalue weighted by Crippen LogP contribution is 2.42. The van der Waals surface area contributed by atoms with Crippen molar-refractivity contribution < 1.29 is 28.6 Å². The first-order valence-corrected chi connectivity index (χ1v) is 10.8. The summed E-state index contributed by atoms with van der Waals surface area (Å²) in [6, 6.07) is 15.2. The van der Waals surface area contributed by atoms with Gasteiger partial charge in [-0.15, -0.1) is 0 Å². The van der Waals surface area contributed by atoms with E-state index < -0.39 is 17.6 Å². The maximum absolute atomic E-state index is 13.9. The molecule has 0 aliphatic carbocycles. The molecule has 0 unspecified atom stereocenters. The van der Waals surface area contributed by atoms with E-state index in [9.17, 15) is 14.4 Å². The second kappa shape index (κ2) is 8.32. The molecular weight excluding hydrogens is 448 g/mol. The third-order valence-electron chi connectivity index (χ3n) is 6.18. The van der Waals surface area contributed by atoms with Crippen molar-refractivity contribution in [1.82, 2.24) is 4.98 Å². The van der Waals surface area contributed by atoms with Crippen LogP contribution >= 0.6 is 0 Å². The number of aromatic amines is 1. The Morgan fingerprint density at radius 1 is 0.829 bits per heavy atom. The summed E-state index contributed by atoms with van der Waals surface area (Å²) in [7, 11) is 4.40. The van der Waals surface area contributed by atoms with Crippen molar-refractivity contribution in [3.8, 4) is 17.2 Å². The van der Waals surface area contributed by atoms with Gasteiger partial charge in [-0.3, -0.25) is 14.4 Å². The number of nitrogens with zero attached hydrogens (tertiary/aromatic N) is 1. The number of ether oxygens (including phenoxy) is 3. The monoisotopic (exact) mass is 470 g/mol. The third-order valence-corrected chi connectivity index (χ3v) is 6.18. The summed E-state index contributed by atoms with van der Waals surface area (Å²) < 4.78 is 16.2. The first-order valence-electron chi connectivity index (χ1n) is 10.8. The Morgan fingerprint density at radius 3 is 1.97 bits per heavy atom. The molecule has 0 spiro atoms. The van der Waals surface area contributed by atoms with Crippen LogP contribution in [0.5, 0.6) is 17.2 Å². The Balaban J connectivity index is 1.75. The molecule has 176 valence electrons. The van der Waals surface area contributed by atoms with E-state index in [1.807, 2.05) is 19.1 Å².